The van der Waals surface area contributed by atoms with Gasteiger partial charge in [-0.05, 0) is 31.2 Å². The van der Waals surface area contributed by atoms with Crippen LogP contribution in [-0.2, 0) is 19.9 Å². The largest absolute Gasteiger partial charge is 0.278 e. The molecule has 0 saturated heterocycles. The fraction of sp³-hybridized carbons (Fsp3) is 0.143. The highest BCUT2D eigenvalue weighted by atomic mass is 35.5. The van der Waals surface area contributed by atoms with Crippen molar-refractivity contribution in [3.8, 4) is 0 Å². The molecule has 0 heterocycles. The smallest absolute Gasteiger partial charge is 0.261 e. The number of hydrogen-bond donors (Lipinski definition) is 1. The number of sulfone groups is 1. The summed E-state index contributed by atoms with van der Waals surface area (Å²) in [6.07, 6.45) is 0.970. The van der Waals surface area contributed by atoms with Crippen LogP contribution in [0.5, 0.6) is 0 Å². The highest BCUT2D eigenvalue weighted by molar-refractivity contribution is 7.93. The molecule has 118 valence electrons. The molecule has 8 heteroatoms. The van der Waals surface area contributed by atoms with Gasteiger partial charge in [0.2, 0.25) is 0 Å². The zero-order valence-corrected chi connectivity index (χ0v) is 14.3. The van der Waals surface area contributed by atoms with Gasteiger partial charge in [0.05, 0.1) is 15.6 Å². The van der Waals surface area contributed by atoms with Crippen molar-refractivity contribution in [3.05, 3.63) is 53.1 Å². The van der Waals surface area contributed by atoms with E-state index in [-0.39, 0.29) is 20.5 Å². The summed E-state index contributed by atoms with van der Waals surface area (Å²) in [7, 11) is -7.59. The first-order valence-electron chi connectivity index (χ1n) is 6.19. The van der Waals surface area contributed by atoms with Gasteiger partial charge in [-0.15, -0.1) is 0 Å². The van der Waals surface area contributed by atoms with Crippen molar-refractivity contribution in [2.45, 2.75) is 16.7 Å². The monoisotopic (exact) mass is 359 g/mol. The maximum absolute atomic E-state index is 12.4. The summed E-state index contributed by atoms with van der Waals surface area (Å²) < 4.78 is 50.6. The molecule has 0 radical (unpaired) electrons. The van der Waals surface area contributed by atoms with E-state index in [4.69, 9.17) is 11.6 Å². The number of sulfonamides is 1. The molecular weight excluding hydrogens is 346 g/mol. The molecule has 1 N–H and O–H groups in total. The standard InChI is InChI=1S/C14H14ClNO4S2/c1-10-6-8-11(9-7-10)22(19,20)16-13-5-3-4-12(15)14(13)21(2,17)18/h3-9,16H,1-2H3. The number of nitrogens with one attached hydrogen (secondary N) is 1. The summed E-state index contributed by atoms with van der Waals surface area (Å²) in [5.41, 5.74) is 0.842. The van der Waals surface area contributed by atoms with Gasteiger partial charge < -0.3 is 0 Å². The number of rotatable bonds is 4. The lowest BCUT2D eigenvalue weighted by Crippen LogP contribution is -2.15. The highest BCUT2D eigenvalue weighted by Gasteiger charge is 2.22. The van der Waals surface area contributed by atoms with E-state index >= 15 is 0 Å². The number of anilines is 1. The maximum atomic E-state index is 12.4. The van der Waals surface area contributed by atoms with Gasteiger partial charge in [0.25, 0.3) is 10.0 Å². The molecule has 2 aromatic carbocycles. The van der Waals surface area contributed by atoms with Gasteiger partial charge in [0, 0.05) is 6.26 Å². The molecule has 0 unspecified atom stereocenters. The van der Waals surface area contributed by atoms with E-state index in [1.807, 2.05) is 6.92 Å². The fourth-order valence-electron chi connectivity index (χ4n) is 1.89. The molecule has 0 spiro atoms. The van der Waals surface area contributed by atoms with E-state index in [9.17, 15) is 16.8 Å². The molecule has 0 bridgehead atoms. The molecule has 0 aliphatic heterocycles. The molecule has 22 heavy (non-hydrogen) atoms. The first kappa shape index (κ1) is 16.8. The Kier molecular flexibility index (Phi) is 4.51. The van der Waals surface area contributed by atoms with Crippen LogP contribution in [0.2, 0.25) is 5.02 Å². The quantitative estimate of drug-likeness (QED) is 0.910. The van der Waals surface area contributed by atoms with E-state index in [2.05, 4.69) is 4.72 Å². The predicted octanol–water partition coefficient (Wildman–Crippen LogP) is 2.85. The van der Waals surface area contributed by atoms with E-state index in [0.29, 0.717) is 0 Å². The number of halogens is 1. The Morgan fingerprint density at radius 3 is 2.09 bits per heavy atom. The molecule has 0 aliphatic rings. The summed E-state index contributed by atoms with van der Waals surface area (Å²) in [5, 5.41) is -0.0355. The van der Waals surface area contributed by atoms with Crippen molar-refractivity contribution < 1.29 is 16.8 Å². The Morgan fingerprint density at radius 2 is 1.55 bits per heavy atom. The Labute approximate surface area is 134 Å². The minimum Gasteiger partial charge on any atom is -0.278 e. The van der Waals surface area contributed by atoms with Crippen LogP contribution < -0.4 is 4.72 Å². The first-order chi connectivity index (χ1) is 10.1. The second-order valence-electron chi connectivity index (χ2n) is 4.81. The second kappa shape index (κ2) is 5.91. The molecule has 0 aromatic heterocycles. The van der Waals surface area contributed by atoms with Crippen molar-refractivity contribution in [2.24, 2.45) is 0 Å². The van der Waals surface area contributed by atoms with Gasteiger partial charge in [-0.3, -0.25) is 4.72 Å². The lowest BCUT2D eigenvalue weighted by Gasteiger charge is -2.13. The van der Waals surface area contributed by atoms with Gasteiger partial charge in [-0.2, -0.15) is 0 Å². The van der Waals surface area contributed by atoms with Gasteiger partial charge in [0.1, 0.15) is 4.90 Å². The average molecular weight is 360 g/mol. The third-order valence-electron chi connectivity index (χ3n) is 2.91. The lowest BCUT2D eigenvalue weighted by molar-refractivity contribution is 0.601. The Bertz CT molecular complexity index is 904. The van der Waals surface area contributed by atoms with Crippen molar-refractivity contribution in [2.75, 3.05) is 11.0 Å². The fourth-order valence-corrected chi connectivity index (χ4v) is 4.56. The number of benzene rings is 2. The number of hydrogen-bond acceptors (Lipinski definition) is 4. The van der Waals surface area contributed by atoms with Crippen LogP contribution in [0.1, 0.15) is 5.56 Å². The van der Waals surface area contributed by atoms with Crippen molar-refractivity contribution >= 4 is 37.1 Å². The van der Waals surface area contributed by atoms with Crippen molar-refractivity contribution in [1.82, 2.24) is 0 Å². The average Bonchev–Trinajstić information content (AvgIpc) is 2.37. The number of aryl methyl sites for hydroxylation is 1. The van der Waals surface area contributed by atoms with Crippen molar-refractivity contribution in [1.29, 1.82) is 0 Å². The first-order valence-corrected chi connectivity index (χ1v) is 9.94. The van der Waals surface area contributed by atoms with Gasteiger partial charge in [0.15, 0.2) is 9.84 Å². The highest BCUT2D eigenvalue weighted by Crippen LogP contribution is 2.30. The van der Waals surface area contributed by atoms with Gasteiger partial charge in [-0.1, -0.05) is 35.4 Å². The van der Waals surface area contributed by atoms with Gasteiger partial charge in [-0.25, -0.2) is 16.8 Å². The summed E-state index contributed by atoms with van der Waals surface area (Å²) in [4.78, 5) is -0.204. The van der Waals surface area contributed by atoms with Crippen LogP contribution in [0.3, 0.4) is 0 Å². The van der Waals surface area contributed by atoms with Crippen LogP contribution >= 0.6 is 11.6 Å². The maximum Gasteiger partial charge on any atom is 0.261 e. The Morgan fingerprint density at radius 1 is 0.955 bits per heavy atom. The molecule has 2 aromatic rings. The second-order valence-corrected chi connectivity index (χ2v) is 8.85. The van der Waals surface area contributed by atoms with Crippen LogP contribution in [-0.4, -0.2) is 23.1 Å². The van der Waals surface area contributed by atoms with E-state index in [1.165, 1.54) is 30.3 Å². The van der Waals surface area contributed by atoms with Gasteiger partial charge >= 0.3 is 0 Å². The lowest BCUT2D eigenvalue weighted by atomic mass is 10.2. The molecule has 0 aliphatic carbocycles. The van der Waals surface area contributed by atoms with Crippen LogP contribution in [0, 0.1) is 6.92 Å². The van der Waals surface area contributed by atoms with Crippen LogP contribution in [0.4, 0.5) is 5.69 Å². The Balaban J connectivity index is 2.52. The molecule has 2 rings (SSSR count). The van der Waals surface area contributed by atoms with Crippen LogP contribution in [0.15, 0.2) is 52.3 Å². The SMILES string of the molecule is Cc1ccc(S(=O)(=O)Nc2cccc(Cl)c2S(C)(=O)=O)cc1. The third-order valence-corrected chi connectivity index (χ3v) is 5.90. The molecular formula is C14H14ClNO4S2. The summed E-state index contributed by atoms with van der Waals surface area (Å²) in [6.45, 7) is 1.84. The molecule has 0 saturated carbocycles. The van der Waals surface area contributed by atoms with Crippen LogP contribution in [0.25, 0.3) is 0 Å². The topological polar surface area (TPSA) is 80.3 Å². The zero-order valence-electron chi connectivity index (χ0n) is 11.9. The molecule has 0 amide bonds. The molecule has 0 fully saturated rings. The normalized spacial score (nSPS) is 12.1. The molecule has 5 nitrogen and oxygen atoms in total. The Hall–Kier alpha value is -1.57. The third kappa shape index (κ3) is 3.60. The molecule has 0 atom stereocenters. The predicted molar refractivity (Wildman–Crippen MR) is 86.5 cm³/mol. The minimum absolute atomic E-state index is 0.0355. The summed E-state index contributed by atoms with van der Waals surface area (Å²) in [6, 6.07) is 10.4. The van der Waals surface area contributed by atoms with E-state index in [0.717, 1.165) is 11.8 Å². The van der Waals surface area contributed by atoms with Crippen molar-refractivity contribution in [3.63, 3.8) is 0 Å². The minimum atomic E-state index is -3.90. The summed E-state index contributed by atoms with van der Waals surface area (Å²) in [5.74, 6) is 0. The summed E-state index contributed by atoms with van der Waals surface area (Å²) >= 11 is 5.90. The van der Waals surface area contributed by atoms with E-state index < -0.39 is 19.9 Å². The van der Waals surface area contributed by atoms with E-state index in [1.54, 1.807) is 12.1 Å². The zero-order chi connectivity index (χ0) is 16.5.